The van der Waals surface area contributed by atoms with Gasteiger partial charge in [-0.1, -0.05) is 37.5 Å². The van der Waals surface area contributed by atoms with Gasteiger partial charge in [-0.05, 0) is 32.3 Å². The van der Waals surface area contributed by atoms with Crippen LogP contribution < -0.4 is 10.9 Å². The Morgan fingerprint density at radius 1 is 1.26 bits per heavy atom. The van der Waals surface area contributed by atoms with E-state index in [0.29, 0.717) is 18.5 Å². The average Bonchev–Trinajstić information content (AvgIpc) is 3.10. The number of aromatic nitrogens is 3. The topological polar surface area (TPSA) is 79.8 Å². The number of carbonyl (C=O) groups is 1. The van der Waals surface area contributed by atoms with Gasteiger partial charge in [-0.3, -0.25) is 14.7 Å². The summed E-state index contributed by atoms with van der Waals surface area (Å²) in [7, 11) is 0. The molecule has 2 heterocycles. The molecule has 1 aliphatic rings. The van der Waals surface area contributed by atoms with Gasteiger partial charge in [-0.25, -0.2) is 0 Å². The highest BCUT2D eigenvalue weighted by molar-refractivity contribution is 6.03. The van der Waals surface area contributed by atoms with E-state index in [1.807, 2.05) is 35.8 Å². The van der Waals surface area contributed by atoms with Crippen molar-refractivity contribution in [2.45, 2.75) is 52.0 Å². The van der Waals surface area contributed by atoms with Crippen molar-refractivity contribution in [3.8, 4) is 0 Å². The normalized spacial score (nSPS) is 15.4. The molecule has 6 nitrogen and oxygen atoms in total. The van der Waals surface area contributed by atoms with Crippen molar-refractivity contribution in [3.05, 3.63) is 40.3 Å². The molecule has 0 saturated heterocycles. The molecule has 0 unspecified atom stereocenters. The van der Waals surface area contributed by atoms with E-state index in [4.69, 9.17) is 0 Å². The molecular formula is C21H26N4O2. The van der Waals surface area contributed by atoms with Gasteiger partial charge in [0.1, 0.15) is 5.52 Å². The molecule has 1 saturated carbocycles. The predicted molar refractivity (Wildman–Crippen MR) is 107 cm³/mol. The van der Waals surface area contributed by atoms with Crippen LogP contribution in [0.1, 0.15) is 44.2 Å². The quantitative estimate of drug-likeness (QED) is 0.680. The summed E-state index contributed by atoms with van der Waals surface area (Å²) in [5.74, 6) is 0.347. The maximum absolute atomic E-state index is 13.0. The first-order valence-electron chi connectivity index (χ1n) is 9.90. The number of nitrogens with zero attached hydrogens (tertiary/aromatic N) is 2. The van der Waals surface area contributed by atoms with Gasteiger partial charge < -0.3 is 9.88 Å². The second kappa shape index (κ2) is 7.55. The smallest absolute Gasteiger partial charge is 0.262 e. The van der Waals surface area contributed by atoms with E-state index < -0.39 is 0 Å². The molecule has 1 amide bonds. The number of rotatable bonds is 5. The van der Waals surface area contributed by atoms with Crippen LogP contribution in [0.25, 0.3) is 21.8 Å². The van der Waals surface area contributed by atoms with E-state index in [9.17, 15) is 9.59 Å². The van der Waals surface area contributed by atoms with Crippen LogP contribution in [0.15, 0.2) is 29.1 Å². The molecule has 1 aromatic carbocycles. The van der Waals surface area contributed by atoms with Gasteiger partial charge in [0.05, 0.1) is 10.9 Å². The summed E-state index contributed by atoms with van der Waals surface area (Å²) in [4.78, 5) is 25.3. The first kappa shape index (κ1) is 17.8. The van der Waals surface area contributed by atoms with Crippen LogP contribution in [0, 0.1) is 12.8 Å². The van der Waals surface area contributed by atoms with E-state index in [1.165, 1.54) is 6.42 Å². The summed E-state index contributed by atoms with van der Waals surface area (Å²) in [5.41, 5.74) is 2.39. The molecule has 3 aromatic rings. The number of benzene rings is 1. The molecule has 4 rings (SSSR count). The van der Waals surface area contributed by atoms with Gasteiger partial charge in [0.25, 0.3) is 5.56 Å². The van der Waals surface area contributed by atoms with Crippen molar-refractivity contribution in [2.75, 3.05) is 6.54 Å². The summed E-state index contributed by atoms with van der Waals surface area (Å²) in [6, 6.07) is 7.86. The first-order valence-corrected chi connectivity index (χ1v) is 9.90. The van der Waals surface area contributed by atoms with Crippen LogP contribution in [-0.4, -0.2) is 27.2 Å². The molecule has 0 bridgehead atoms. The minimum atomic E-state index is -0.0199. The fraction of sp³-hybridized carbons (Fsp3) is 0.476. The zero-order valence-corrected chi connectivity index (χ0v) is 15.8. The van der Waals surface area contributed by atoms with Crippen molar-refractivity contribution in [3.63, 3.8) is 0 Å². The summed E-state index contributed by atoms with van der Waals surface area (Å²) >= 11 is 0. The zero-order valence-electron chi connectivity index (χ0n) is 15.8. The summed E-state index contributed by atoms with van der Waals surface area (Å²) in [6.45, 7) is 3.05. The molecular weight excluding hydrogens is 340 g/mol. The first-order chi connectivity index (χ1) is 13.2. The van der Waals surface area contributed by atoms with Gasteiger partial charge in [0.2, 0.25) is 5.91 Å². The van der Waals surface area contributed by atoms with E-state index >= 15 is 0 Å². The molecule has 1 fully saturated rings. The summed E-state index contributed by atoms with van der Waals surface area (Å²) < 4.78 is 1.81. The average molecular weight is 366 g/mol. The fourth-order valence-corrected chi connectivity index (χ4v) is 4.22. The monoisotopic (exact) mass is 366 g/mol. The standard InChI is InChI=1S/C21H26N4O2/c1-14-18-19(24-23-14)16-10-5-6-11-17(16)25(21(18)27)13-7-12-22-20(26)15-8-3-2-4-9-15/h5-6,10-11,15H,2-4,7-9,12-13H2,1H3,(H,22,26)(H,23,24). The van der Waals surface area contributed by atoms with Crippen molar-refractivity contribution in [2.24, 2.45) is 5.92 Å². The molecule has 2 N–H and O–H groups in total. The van der Waals surface area contributed by atoms with Crippen molar-refractivity contribution < 1.29 is 4.79 Å². The number of aryl methyl sites for hydroxylation is 2. The lowest BCUT2D eigenvalue weighted by Crippen LogP contribution is -2.33. The fourth-order valence-electron chi connectivity index (χ4n) is 4.22. The van der Waals surface area contributed by atoms with E-state index in [2.05, 4.69) is 15.5 Å². The zero-order chi connectivity index (χ0) is 18.8. The van der Waals surface area contributed by atoms with Crippen LogP contribution in [0.4, 0.5) is 0 Å². The van der Waals surface area contributed by atoms with Crippen LogP contribution in [-0.2, 0) is 11.3 Å². The lowest BCUT2D eigenvalue weighted by molar-refractivity contribution is -0.125. The van der Waals surface area contributed by atoms with Crippen molar-refractivity contribution in [1.29, 1.82) is 0 Å². The van der Waals surface area contributed by atoms with Crippen LogP contribution in [0.3, 0.4) is 0 Å². The Hall–Kier alpha value is -2.63. The Morgan fingerprint density at radius 3 is 2.85 bits per heavy atom. The van der Waals surface area contributed by atoms with Crippen LogP contribution >= 0.6 is 0 Å². The summed E-state index contributed by atoms with van der Waals surface area (Å²) in [5, 5.41) is 11.9. The lowest BCUT2D eigenvalue weighted by atomic mass is 9.89. The molecule has 142 valence electrons. The number of hydrogen-bond donors (Lipinski definition) is 2. The number of para-hydroxylation sites is 1. The van der Waals surface area contributed by atoms with E-state index in [-0.39, 0.29) is 17.4 Å². The minimum Gasteiger partial charge on any atom is -0.356 e. The largest absolute Gasteiger partial charge is 0.356 e. The van der Waals surface area contributed by atoms with Gasteiger partial charge in [0.15, 0.2) is 0 Å². The molecule has 0 aliphatic heterocycles. The molecule has 0 atom stereocenters. The minimum absolute atomic E-state index is 0.0199. The Balaban J connectivity index is 1.51. The molecule has 0 radical (unpaired) electrons. The molecule has 0 spiro atoms. The maximum atomic E-state index is 13.0. The van der Waals surface area contributed by atoms with Gasteiger partial charge in [-0.15, -0.1) is 0 Å². The SMILES string of the molecule is Cc1[nH]nc2c1c(=O)n(CCCNC(=O)C1CCCCC1)c1ccccc21. The van der Waals surface area contributed by atoms with Gasteiger partial charge in [-0.2, -0.15) is 5.10 Å². The number of fused-ring (bicyclic) bond motifs is 3. The van der Waals surface area contributed by atoms with Crippen molar-refractivity contribution in [1.82, 2.24) is 20.1 Å². The Labute approximate surface area is 158 Å². The highest BCUT2D eigenvalue weighted by Gasteiger charge is 2.20. The number of aromatic amines is 1. The number of carbonyl (C=O) groups excluding carboxylic acids is 1. The summed E-state index contributed by atoms with van der Waals surface area (Å²) in [6.07, 6.45) is 6.30. The molecule has 1 aliphatic carbocycles. The van der Waals surface area contributed by atoms with Gasteiger partial charge >= 0.3 is 0 Å². The lowest BCUT2D eigenvalue weighted by Gasteiger charge is -2.20. The van der Waals surface area contributed by atoms with Crippen molar-refractivity contribution >= 4 is 27.7 Å². The molecule has 2 aromatic heterocycles. The second-order valence-electron chi connectivity index (χ2n) is 7.53. The predicted octanol–water partition coefficient (Wildman–Crippen LogP) is 3.27. The van der Waals surface area contributed by atoms with Crippen LogP contribution in [0.2, 0.25) is 0 Å². The molecule has 27 heavy (non-hydrogen) atoms. The third kappa shape index (κ3) is 3.36. The number of pyridine rings is 1. The Bertz CT molecular complexity index is 1030. The number of amides is 1. The van der Waals surface area contributed by atoms with E-state index in [0.717, 1.165) is 54.2 Å². The van der Waals surface area contributed by atoms with Gasteiger partial charge in [0, 0.05) is 30.1 Å². The van der Waals surface area contributed by atoms with E-state index in [1.54, 1.807) is 0 Å². The highest BCUT2D eigenvalue weighted by atomic mass is 16.2. The maximum Gasteiger partial charge on any atom is 0.262 e. The third-order valence-electron chi connectivity index (χ3n) is 5.69. The Morgan fingerprint density at radius 2 is 2.04 bits per heavy atom. The highest BCUT2D eigenvalue weighted by Crippen LogP contribution is 2.24. The second-order valence-corrected chi connectivity index (χ2v) is 7.53. The third-order valence-corrected chi connectivity index (χ3v) is 5.69. The molecule has 6 heteroatoms. The van der Waals surface area contributed by atoms with Crippen LogP contribution in [0.5, 0.6) is 0 Å². The number of nitrogens with one attached hydrogen (secondary N) is 2. The Kier molecular flexibility index (Phi) is 4.97. The number of H-pyrrole nitrogens is 1. The number of hydrogen-bond acceptors (Lipinski definition) is 3.